The maximum Gasteiger partial charge on any atom is 0.261 e. The van der Waals surface area contributed by atoms with E-state index in [2.05, 4.69) is 26.1 Å². The molecular weight excluding hydrogens is 412 g/mol. The summed E-state index contributed by atoms with van der Waals surface area (Å²) in [7, 11) is 0. The highest BCUT2D eigenvalue weighted by Crippen LogP contribution is 2.19. The van der Waals surface area contributed by atoms with Crippen molar-refractivity contribution in [1.29, 1.82) is 0 Å². The van der Waals surface area contributed by atoms with Crippen LogP contribution in [-0.2, 0) is 16.1 Å². The molecule has 0 radical (unpaired) electrons. The maximum absolute atomic E-state index is 13.0. The first-order valence-corrected chi connectivity index (χ1v) is 11.2. The fourth-order valence-electron chi connectivity index (χ4n) is 3.13. The Balaban J connectivity index is 2.09. The first kappa shape index (κ1) is 24.7. The summed E-state index contributed by atoms with van der Waals surface area (Å²) in [5.74, 6) is 0.618. The zero-order chi connectivity index (χ0) is 22.8. The number of amides is 2. The van der Waals surface area contributed by atoms with Gasteiger partial charge in [-0.2, -0.15) is 0 Å². The normalized spacial score (nSPS) is 11.8. The second kappa shape index (κ2) is 12.4. The van der Waals surface area contributed by atoms with E-state index in [4.69, 9.17) is 16.3 Å². The molecule has 0 aliphatic carbocycles. The summed E-state index contributed by atoms with van der Waals surface area (Å²) in [6, 6.07) is 14.4. The molecule has 2 rings (SSSR count). The molecule has 0 aromatic heterocycles. The summed E-state index contributed by atoms with van der Waals surface area (Å²) in [6.45, 7) is 8.78. The minimum absolute atomic E-state index is 0.145. The summed E-state index contributed by atoms with van der Waals surface area (Å²) >= 11 is 6.10. The Bertz CT molecular complexity index is 852. The molecule has 0 aliphatic rings. The lowest BCUT2D eigenvalue weighted by atomic mass is 10.0. The van der Waals surface area contributed by atoms with Crippen molar-refractivity contribution in [3.05, 3.63) is 64.7 Å². The van der Waals surface area contributed by atoms with Crippen molar-refractivity contribution < 1.29 is 14.3 Å². The van der Waals surface area contributed by atoms with Crippen LogP contribution in [-0.4, -0.2) is 35.9 Å². The number of nitrogens with one attached hydrogen (secondary N) is 1. The average molecular weight is 445 g/mol. The van der Waals surface area contributed by atoms with E-state index in [1.54, 1.807) is 19.1 Å². The molecule has 31 heavy (non-hydrogen) atoms. The topological polar surface area (TPSA) is 58.6 Å². The summed E-state index contributed by atoms with van der Waals surface area (Å²) in [5, 5.41) is 3.50. The van der Waals surface area contributed by atoms with Gasteiger partial charge in [-0.05, 0) is 54.7 Å². The fraction of sp³-hybridized carbons (Fsp3) is 0.440. The third kappa shape index (κ3) is 7.91. The average Bonchev–Trinajstić information content (AvgIpc) is 2.75. The molecular formula is C25H33ClN2O3. The van der Waals surface area contributed by atoms with E-state index in [1.165, 1.54) is 10.5 Å². The molecule has 168 valence electrons. The minimum atomic E-state index is -0.629. The largest absolute Gasteiger partial charge is 0.484 e. The van der Waals surface area contributed by atoms with Crippen molar-refractivity contribution in [1.82, 2.24) is 10.2 Å². The lowest BCUT2D eigenvalue weighted by molar-refractivity contribution is -0.142. The molecule has 0 fully saturated rings. The van der Waals surface area contributed by atoms with Gasteiger partial charge < -0.3 is 15.0 Å². The molecule has 2 aromatic rings. The Morgan fingerprint density at radius 1 is 1.10 bits per heavy atom. The summed E-state index contributed by atoms with van der Waals surface area (Å²) in [5.41, 5.74) is 2.06. The lowest BCUT2D eigenvalue weighted by Gasteiger charge is -2.29. The van der Waals surface area contributed by atoms with Gasteiger partial charge >= 0.3 is 0 Å². The van der Waals surface area contributed by atoms with Crippen LogP contribution in [0.4, 0.5) is 0 Å². The molecule has 0 bridgehead atoms. The predicted octanol–water partition coefficient (Wildman–Crippen LogP) is 5.18. The van der Waals surface area contributed by atoms with E-state index in [-0.39, 0.29) is 25.0 Å². The summed E-state index contributed by atoms with van der Waals surface area (Å²) in [4.78, 5) is 27.2. The van der Waals surface area contributed by atoms with Gasteiger partial charge in [-0.1, -0.05) is 63.1 Å². The first-order valence-electron chi connectivity index (χ1n) is 10.9. The van der Waals surface area contributed by atoms with Gasteiger partial charge in [-0.3, -0.25) is 9.59 Å². The lowest BCUT2D eigenvalue weighted by Crippen LogP contribution is -2.49. The van der Waals surface area contributed by atoms with Gasteiger partial charge in [-0.15, -0.1) is 0 Å². The highest BCUT2D eigenvalue weighted by atomic mass is 35.5. The van der Waals surface area contributed by atoms with E-state index >= 15 is 0 Å². The van der Waals surface area contributed by atoms with Crippen LogP contribution < -0.4 is 10.1 Å². The number of unbranched alkanes of at least 4 members (excludes halogenated alkanes) is 1. The van der Waals surface area contributed by atoms with Crippen LogP contribution in [0.1, 0.15) is 57.6 Å². The number of nitrogens with zero attached hydrogens (tertiary/aromatic N) is 1. The van der Waals surface area contributed by atoms with Crippen LogP contribution in [0.15, 0.2) is 48.5 Å². The first-order chi connectivity index (χ1) is 14.8. The molecule has 5 nitrogen and oxygen atoms in total. The van der Waals surface area contributed by atoms with Gasteiger partial charge in [0.15, 0.2) is 6.61 Å². The monoisotopic (exact) mass is 444 g/mol. The molecule has 0 aliphatic heterocycles. The number of halogens is 1. The van der Waals surface area contributed by atoms with Crippen molar-refractivity contribution in [3.63, 3.8) is 0 Å². The molecule has 0 spiro atoms. The van der Waals surface area contributed by atoms with Crippen molar-refractivity contribution in [2.24, 2.45) is 0 Å². The number of rotatable bonds is 11. The Hall–Kier alpha value is -2.53. The molecule has 0 saturated carbocycles. The number of carbonyl (C=O) groups is 2. The molecule has 6 heteroatoms. The Kier molecular flexibility index (Phi) is 9.86. The molecule has 0 saturated heterocycles. The number of hydrogen-bond acceptors (Lipinski definition) is 3. The van der Waals surface area contributed by atoms with Gasteiger partial charge in [0.25, 0.3) is 5.91 Å². The SMILES string of the molecule is CCCCNC(=O)C(C)N(Cc1cccc(Cl)c1)C(=O)COc1ccc(C(C)C)cc1. The van der Waals surface area contributed by atoms with Crippen LogP contribution in [0.2, 0.25) is 5.02 Å². The molecule has 1 unspecified atom stereocenters. The van der Waals surface area contributed by atoms with Gasteiger partial charge in [0, 0.05) is 18.1 Å². The van der Waals surface area contributed by atoms with E-state index < -0.39 is 6.04 Å². The molecule has 2 amide bonds. The van der Waals surface area contributed by atoms with E-state index in [9.17, 15) is 9.59 Å². The Morgan fingerprint density at radius 2 is 1.81 bits per heavy atom. The van der Waals surface area contributed by atoms with Crippen molar-refractivity contribution in [2.45, 2.75) is 59.0 Å². The van der Waals surface area contributed by atoms with E-state index in [0.717, 1.165) is 18.4 Å². The smallest absolute Gasteiger partial charge is 0.261 e. The molecule has 2 aromatic carbocycles. The molecule has 1 atom stereocenters. The Morgan fingerprint density at radius 3 is 2.42 bits per heavy atom. The van der Waals surface area contributed by atoms with Crippen molar-refractivity contribution >= 4 is 23.4 Å². The molecule has 0 heterocycles. The number of hydrogen-bond donors (Lipinski definition) is 1. The van der Waals surface area contributed by atoms with Crippen molar-refractivity contribution in [3.8, 4) is 5.75 Å². The Labute approximate surface area is 190 Å². The third-order valence-corrected chi connectivity index (χ3v) is 5.38. The second-order valence-corrected chi connectivity index (χ2v) is 8.42. The summed E-state index contributed by atoms with van der Waals surface area (Å²) < 4.78 is 5.72. The van der Waals surface area contributed by atoms with Crippen LogP contribution in [0.3, 0.4) is 0 Å². The van der Waals surface area contributed by atoms with Crippen molar-refractivity contribution in [2.75, 3.05) is 13.2 Å². The maximum atomic E-state index is 13.0. The van der Waals surface area contributed by atoms with Crippen LogP contribution in [0.25, 0.3) is 0 Å². The van der Waals surface area contributed by atoms with E-state index in [0.29, 0.717) is 23.2 Å². The fourth-order valence-corrected chi connectivity index (χ4v) is 3.34. The predicted molar refractivity (Wildman–Crippen MR) is 125 cm³/mol. The minimum Gasteiger partial charge on any atom is -0.484 e. The van der Waals surface area contributed by atoms with Gasteiger partial charge in [0.2, 0.25) is 5.91 Å². The molecule has 1 N–H and O–H groups in total. The van der Waals surface area contributed by atoms with E-state index in [1.807, 2.05) is 36.4 Å². The highest BCUT2D eigenvalue weighted by molar-refractivity contribution is 6.30. The van der Waals surface area contributed by atoms with Gasteiger partial charge in [0.1, 0.15) is 11.8 Å². The third-order valence-electron chi connectivity index (χ3n) is 5.15. The van der Waals surface area contributed by atoms with Crippen LogP contribution in [0, 0.1) is 0 Å². The van der Waals surface area contributed by atoms with Crippen LogP contribution in [0.5, 0.6) is 5.75 Å². The quantitative estimate of drug-likeness (QED) is 0.486. The van der Waals surface area contributed by atoms with Gasteiger partial charge in [-0.25, -0.2) is 0 Å². The number of benzene rings is 2. The zero-order valence-corrected chi connectivity index (χ0v) is 19.6. The highest BCUT2D eigenvalue weighted by Gasteiger charge is 2.26. The zero-order valence-electron chi connectivity index (χ0n) is 18.9. The standard InChI is InChI=1S/C25H33ClN2O3/c1-5-6-14-27-25(30)19(4)28(16-20-8-7-9-22(26)15-20)24(29)17-31-23-12-10-21(11-13-23)18(2)3/h7-13,15,18-19H,5-6,14,16-17H2,1-4H3,(H,27,30). The second-order valence-electron chi connectivity index (χ2n) is 7.98. The number of ether oxygens (including phenoxy) is 1. The van der Waals surface area contributed by atoms with Crippen LogP contribution >= 0.6 is 11.6 Å². The van der Waals surface area contributed by atoms with Gasteiger partial charge in [0.05, 0.1) is 0 Å². The number of carbonyl (C=O) groups excluding carboxylic acids is 2. The summed E-state index contributed by atoms with van der Waals surface area (Å²) in [6.07, 6.45) is 1.89.